The molecule has 7 heteroatoms. The fraction of sp³-hybridized carbons (Fsp3) is 0.786. The van der Waals surface area contributed by atoms with Crippen molar-refractivity contribution in [1.29, 1.82) is 0 Å². The lowest BCUT2D eigenvalue weighted by molar-refractivity contribution is -0.146. The first-order valence-electron chi connectivity index (χ1n) is 7.26. The summed E-state index contributed by atoms with van der Waals surface area (Å²) in [6.45, 7) is 2.27. The summed E-state index contributed by atoms with van der Waals surface area (Å²) in [7, 11) is 3.29. The number of aliphatic carboxylic acids is 1. The van der Waals surface area contributed by atoms with E-state index in [0.717, 1.165) is 12.8 Å². The first kappa shape index (κ1) is 17.3. The average molecular weight is 299 g/mol. The summed E-state index contributed by atoms with van der Waals surface area (Å²) in [5.41, 5.74) is -1.18. The molecule has 0 radical (unpaired) electrons. The summed E-state index contributed by atoms with van der Waals surface area (Å²) in [6, 6.07) is -0.529. The Bertz CT molecular complexity index is 401. The Morgan fingerprint density at radius 1 is 1.24 bits per heavy atom. The van der Waals surface area contributed by atoms with E-state index in [9.17, 15) is 19.5 Å². The van der Waals surface area contributed by atoms with Crippen LogP contribution in [0.25, 0.3) is 0 Å². The Labute approximate surface area is 125 Å². The normalized spacial score (nSPS) is 25.0. The van der Waals surface area contributed by atoms with Gasteiger partial charge in [-0.1, -0.05) is 6.92 Å². The van der Waals surface area contributed by atoms with Crippen molar-refractivity contribution in [2.45, 2.75) is 44.6 Å². The number of nitrogens with one attached hydrogen (secondary N) is 2. The van der Waals surface area contributed by atoms with Crippen LogP contribution in [0.3, 0.4) is 0 Å². The fourth-order valence-electron chi connectivity index (χ4n) is 2.42. The third-order valence-electron chi connectivity index (χ3n) is 4.01. The van der Waals surface area contributed by atoms with E-state index in [-0.39, 0.29) is 18.9 Å². The molecule has 7 nitrogen and oxygen atoms in total. The molecular weight excluding hydrogens is 274 g/mol. The molecule has 1 fully saturated rings. The Balaban J connectivity index is 2.47. The van der Waals surface area contributed by atoms with Crippen LogP contribution in [0.2, 0.25) is 0 Å². The monoisotopic (exact) mass is 299 g/mol. The van der Waals surface area contributed by atoms with Crippen LogP contribution in [0.1, 0.15) is 39.0 Å². The standard InChI is InChI=1S/C14H25N3O4/c1-10-4-7-14(8-5-10,12(19)20)16-13(21)15-9-6-11(18)17(2)3/h10H,4-9H2,1-3H3,(H,19,20)(H2,15,16,21). The Morgan fingerprint density at radius 2 is 1.81 bits per heavy atom. The van der Waals surface area contributed by atoms with Gasteiger partial charge in [0, 0.05) is 27.1 Å². The van der Waals surface area contributed by atoms with Crippen molar-refractivity contribution >= 4 is 17.9 Å². The second kappa shape index (κ2) is 7.28. The number of carbonyl (C=O) groups excluding carboxylic acids is 2. The average Bonchev–Trinajstić information content (AvgIpc) is 2.41. The predicted molar refractivity (Wildman–Crippen MR) is 77.8 cm³/mol. The number of carboxylic acids is 1. The molecule has 0 spiro atoms. The van der Waals surface area contributed by atoms with Gasteiger partial charge in [0.2, 0.25) is 5.91 Å². The largest absolute Gasteiger partial charge is 0.480 e. The van der Waals surface area contributed by atoms with Crippen molar-refractivity contribution in [1.82, 2.24) is 15.5 Å². The van der Waals surface area contributed by atoms with E-state index in [1.807, 2.05) is 0 Å². The summed E-state index contributed by atoms with van der Waals surface area (Å²) in [5, 5.41) is 14.5. The van der Waals surface area contributed by atoms with Crippen LogP contribution in [0.5, 0.6) is 0 Å². The van der Waals surface area contributed by atoms with E-state index in [4.69, 9.17) is 0 Å². The van der Waals surface area contributed by atoms with Crippen LogP contribution in [-0.4, -0.2) is 54.1 Å². The molecule has 1 rings (SSSR count). The summed E-state index contributed by atoms with van der Waals surface area (Å²) >= 11 is 0. The quantitative estimate of drug-likeness (QED) is 0.699. The van der Waals surface area contributed by atoms with Gasteiger partial charge in [0.15, 0.2) is 0 Å². The second-order valence-corrected chi connectivity index (χ2v) is 5.99. The number of hydrogen-bond acceptors (Lipinski definition) is 3. The van der Waals surface area contributed by atoms with E-state index < -0.39 is 17.5 Å². The highest BCUT2D eigenvalue weighted by molar-refractivity contribution is 5.86. The third-order valence-corrected chi connectivity index (χ3v) is 4.01. The molecule has 1 aliphatic carbocycles. The number of amides is 3. The van der Waals surface area contributed by atoms with Gasteiger partial charge in [-0.05, 0) is 31.6 Å². The molecule has 3 N–H and O–H groups in total. The third kappa shape index (κ3) is 4.91. The zero-order chi connectivity index (χ0) is 16.0. The van der Waals surface area contributed by atoms with Gasteiger partial charge in [-0.25, -0.2) is 9.59 Å². The summed E-state index contributed by atoms with van der Waals surface area (Å²) in [4.78, 5) is 36.2. The lowest BCUT2D eigenvalue weighted by atomic mass is 9.77. The van der Waals surface area contributed by atoms with E-state index in [1.54, 1.807) is 14.1 Å². The molecule has 0 heterocycles. The first-order valence-corrected chi connectivity index (χ1v) is 7.26. The Hall–Kier alpha value is -1.79. The zero-order valence-corrected chi connectivity index (χ0v) is 12.9. The number of carboxylic acid groups (broad SMARTS) is 1. The van der Waals surface area contributed by atoms with E-state index in [1.165, 1.54) is 4.90 Å². The second-order valence-electron chi connectivity index (χ2n) is 5.99. The highest BCUT2D eigenvalue weighted by Crippen LogP contribution is 2.32. The van der Waals surface area contributed by atoms with Gasteiger partial charge >= 0.3 is 12.0 Å². The van der Waals surface area contributed by atoms with E-state index >= 15 is 0 Å². The smallest absolute Gasteiger partial charge is 0.329 e. The predicted octanol–water partition coefficient (Wildman–Crippen LogP) is 0.797. The van der Waals surface area contributed by atoms with Crippen molar-refractivity contribution in [3.05, 3.63) is 0 Å². The molecule has 0 aromatic carbocycles. The van der Waals surface area contributed by atoms with Crippen LogP contribution < -0.4 is 10.6 Å². The number of urea groups is 1. The summed E-state index contributed by atoms with van der Waals surface area (Å²) < 4.78 is 0. The van der Waals surface area contributed by atoms with Gasteiger partial charge in [-0.2, -0.15) is 0 Å². The zero-order valence-electron chi connectivity index (χ0n) is 12.9. The van der Waals surface area contributed by atoms with Gasteiger partial charge in [0.25, 0.3) is 0 Å². The molecule has 120 valence electrons. The number of hydrogen-bond donors (Lipinski definition) is 3. The lowest BCUT2D eigenvalue weighted by Crippen LogP contribution is -2.58. The van der Waals surface area contributed by atoms with Gasteiger partial charge in [0.1, 0.15) is 5.54 Å². The minimum absolute atomic E-state index is 0.0882. The maximum Gasteiger partial charge on any atom is 0.329 e. The summed E-state index contributed by atoms with van der Waals surface area (Å²) in [5.74, 6) is -0.594. The van der Waals surface area contributed by atoms with E-state index in [0.29, 0.717) is 18.8 Å². The molecule has 0 aromatic rings. The topological polar surface area (TPSA) is 98.7 Å². The molecule has 0 aromatic heterocycles. The minimum atomic E-state index is -1.18. The van der Waals surface area contributed by atoms with Crippen LogP contribution in [0.4, 0.5) is 4.79 Å². The molecule has 0 bridgehead atoms. The molecule has 0 atom stereocenters. The SMILES string of the molecule is CC1CCC(NC(=O)NCCC(=O)N(C)C)(C(=O)O)CC1. The lowest BCUT2D eigenvalue weighted by Gasteiger charge is -2.36. The molecular formula is C14H25N3O4. The molecule has 1 saturated carbocycles. The van der Waals surface area contributed by atoms with Crippen molar-refractivity contribution < 1.29 is 19.5 Å². The molecule has 0 saturated heterocycles. The molecule has 1 aliphatic rings. The maximum atomic E-state index is 11.8. The van der Waals surface area contributed by atoms with Crippen molar-refractivity contribution in [2.24, 2.45) is 5.92 Å². The van der Waals surface area contributed by atoms with Gasteiger partial charge < -0.3 is 20.6 Å². The van der Waals surface area contributed by atoms with Crippen LogP contribution >= 0.6 is 0 Å². The molecule has 21 heavy (non-hydrogen) atoms. The first-order chi connectivity index (χ1) is 9.77. The number of nitrogens with zero attached hydrogens (tertiary/aromatic N) is 1. The van der Waals surface area contributed by atoms with E-state index in [2.05, 4.69) is 17.6 Å². The van der Waals surface area contributed by atoms with Crippen molar-refractivity contribution in [3.63, 3.8) is 0 Å². The van der Waals surface area contributed by atoms with Gasteiger partial charge in [0.05, 0.1) is 0 Å². The Kier molecular flexibility index (Phi) is 5.99. The maximum absolute atomic E-state index is 11.8. The molecule has 3 amide bonds. The van der Waals surface area contributed by atoms with Crippen LogP contribution in [-0.2, 0) is 9.59 Å². The van der Waals surface area contributed by atoms with Crippen LogP contribution in [0.15, 0.2) is 0 Å². The minimum Gasteiger partial charge on any atom is -0.480 e. The molecule has 0 unspecified atom stereocenters. The van der Waals surface area contributed by atoms with Crippen molar-refractivity contribution in [2.75, 3.05) is 20.6 Å². The van der Waals surface area contributed by atoms with Gasteiger partial charge in [-0.3, -0.25) is 4.79 Å². The molecule has 0 aliphatic heterocycles. The highest BCUT2D eigenvalue weighted by Gasteiger charge is 2.42. The fourth-order valence-corrected chi connectivity index (χ4v) is 2.42. The van der Waals surface area contributed by atoms with Gasteiger partial charge in [-0.15, -0.1) is 0 Å². The van der Waals surface area contributed by atoms with Crippen LogP contribution in [0, 0.1) is 5.92 Å². The number of carbonyl (C=O) groups is 3. The highest BCUT2D eigenvalue weighted by atomic mass is 16.4. The van der Waals surface area contributed by atoms with Crippen molar-refractivity contribution in [3.8, 4) is 0 Å². The Morgan fingerprint density at radius 3 is 2.29 bits per heavy atom. The number of rotatable bonds is 5. The summed E-state index contributed by atoms with van der Waals surface area (Å²) in [6.07, 6.45) is 2.63.